The maximum absolute atomic E-state index is 13.0. The zero-order valence-corrected chi connectivity index (χ0v) is 16.7. The van der Waals surface area contributed by atoms with E-state index in [0.29, 0.717) is 24.1 Å². The molecule has 0 saturated carbocycles. The Kier molecular flexibility index (Phi) is 6.92. The van der Waals surface area contributed by atoms with Crippen LogP contribution in [-0.2, 0) is 33.3 Å². The highest BCUT2D eigenvalue weighted by Crippen LogP contribution is 2.36. The van der Waals surface area contributed by atoms with Crippen LogP contribution in [0.5, 0.6) is 0 Å². The average molecular weight is 459 g/mol. The number of carbonyl (C=O) groups excluding carboxylic acids is 2. The van der Waals surface area contributed by atoms with Crippen LogP contribution in [0.4, 0.5) is 26.3 Å². The van der Waals surface area contributed by atoms with Gasteiger partial charge in [0.25, 0.3) is 0 Å². The van der Waals surface area contributed by atoms with Gasteiger partial charge in [0.05, 0.1) is 30.4 Å². The molecule has 1 unspecified atom stereocenters. The van der Waals surface area contributed by atoms with E-state index in [2.05, 4.69) is 0 Å². The predicted molar refractivity (Wildman–Crippen MR) is 101 cm³/mol. The van der Waals surface area contributed by atoms with E-state index in [1.807, 2.05) is 0 Å². The number of benzene rings is 2. The van der Waals surface area contributed by atoms with Crippen LogP contribution in [0.25, 0.3) is 0 Å². The van der Waals surface area contributed by atoms with Crippen molar-refractivity contribution in [3.8, 4) is 0 Å². The highest BCUT2D eigenvalue weighted by molar-refractivity contribution is 5.98. The van der Waals surface area contributed by atoms with Crippen LogP contribution >= 0.6 is 0 Å². The molecule has 1 aliphatic heterocycles. The third-order valence-corrected chi connectivity index (χ3v) is 5.01. The number of piperidine rings is 1. The Hall–Kier alpha value is -2.88. The van der Waals surface area contributed by atoms with Gasteiger partial charge in [-0.05, 0) is 35.7 Å². The quantitative estimate of drug-likeness (QED) is 0.422. The minimum Gasteiger partial charge on any atom is -0.374 e. The van der Waals surface area contributed by atoms with Gasteiger partial charge in [-0.25, -0.2) is 0 Å². The molecule has 2 aromatic carbocycles. The van der Waals surface area contributed by atoms with Crippen molar-refractivity contribution in [3.05, 3.63) is 70.8 Å². The van der Waals surface area contributed by atoms with E-state index < -0.39 is 47.9 Å². The number of nitrogens with zero attached hydrogens (tertiary/aromatic N) is 1. The smallest absolute Gasteiger partial charge is 0.374 e. The Morgan fingerprint density at radius 3 is 1.88 bits per heavy atom. The molecule has 2 amide bonds. The fraction of sp³-hybridized carbons (Fsp3) is 0.364. The lowest BCUT2D eigenvalue weighted by Crippen LogP contribution is -2.44. The van der Waals surface area contributed by atoms with Crippen molar-refractivity contribution in [3.63, 3.8) is 0 Å². The summed E-state index contributed by atoms with van der Waals surface area (Å²) < 4.78 is 83.7. The van der Waals surface area contributed by atoms with Crippen LogP contribution in [0.2, 0.25) is 0 Å². The van der Waals surface area contributed by atoms with Gasteiger partial charge in [0, 0.05) is 12.8 Å². The normalized spacial score (nSPS) is 16.4. The summed E-state index contributed by atoms with van der Waals surface area (Å²) in [5.41, 5.74) is -2.63. The third-order valence-electron chi connectivity index (χ3n) is 5.01. The maximum atomic E-state index is 13.0. The largest absolute Gasteiger partial charge is 0.416 e. The molecular weight excluding hydrogens is 440 g/mol. The number of imide groups is 1. The summed E-state index contributed by atoms with van der Waals surface area (Å²) >= 11 is 0. The lowest BCUT2D eigenvalue weighted by molar-refractivity contribution is -0.153. The summed E-state index contributed by atoms with van der Waals surface area (Å²) in [6.45, 7) is -0.842. The molecule has 1 heterocycles. The average Bonchev–Trinajstić information content (AvgIpc) is 2.71. The molecule has 0 radical (unpaired) electrons. The molecule has 1 fully saturated rings. The van der Waals surface area contributed by atoms with E-state index in [1.165, 1.54) is 0 Å². The summed E-state index contributed by atoms with van der Waals surface area (Å²) in [4.78, 5) is 25.8. The lowest BCUT2D eigenvalue weighted by Gasteiger charge is -2.33. The molecule has 0 aliphatic carbocycles. The van der Waals surface area contributed by atoms with Gasteiger partial charge in [-0.1, -0.05) is 30.3 Å². The van der Waals surface area contributed by atoms with Crippen molar-refractivity contribution in [2.24, 2.45) is 0 Å². The standard InChI is InChI=1S/C22H19F6NO3/c23-21(24,25)16-9-14(10-17(11-16)22(26,27)28)12-32-13-18(15-5-2-1-3-6-15)29-19(30)7-4-8-20(29)31/h1-3,5-6,9-11,18H,4,7-8,12-13H2. The lowest BCUT2D eigenvalue weighted by atomic mass is 10.0. The van der Waals surface area contributed by atoms with Gasteiger partial charge in [0.2, 0.25) is 11.8 Å². The molecule has 4 nitrogen and oxygen atoms in total. The Balaban J connectivity index is 1.83. The SMILES string of the molecule is O=C1CCCC(=O)N1C(COCc1cc(C(F)(F)F)cc(C(F)(F)F)c1)c1ccccc1. The fourth-order valence-electron chi connectivity index (χ4n) is 3.50. The first-order chi connectivity index (χ1) is 15.0. The van der Waals surface area contributed by atoms with Crippen molar-refractivity contribution < 1.29 is 40.7 Å². The van der Waals surface area contributed by atoms with Crippen LogP contribution in [0.3, 0.4) is 0 Å². The highest BCUT2D eigenvalue weighted by Gasteiger charge is 2.37. The van der Waals surface area contributed by atoms with Crippen LogP contribution in [0, 0.1) is 0 Å². The number of ether oxygens (including phenoxy) is 1. The first kappa shape index (κ1) is 23.8. The van der Waals surface area contributed by atoms with Gasteiger partial charge >= 0.3 is 12.4 Å². The van der Waals surface area contributed by atoms with Crippen LogP contribution in [0.15, 0.2) is 48.5 Å². The summed E-state index contributed by atoms with van der Waals surface area (Å²) in [5, 5.41) is 0. The van der Waals surface area contributed by atoms with Gasteiger partial charge in [0.15, 0.2) is 0 Å². The Bertz CT molecular complexity index is 924. The molecule has 10 heteroatoms. The molecule has 3 rings (SSSR count). The number of halogens is 6. The van der Waals surface area contributed by atoms with Crippen molar-refractivity contribution in [1.29, 1.82) is 0 Å². The van der Waals surface area contributed by atoms with Gasteiger partial charge in [-0.3, -0.25) is 14.5 Å². The van der Waals surface area contributed by atoms with E-state index in [-0.39, 0.29) is 31.1 Å². The summed E-state index contributed by atoms with van der Waals surface area (Å²) in [7, 11) is 0. The second-order valence-corrected chi connectivity index (χ2v) is 7.37. The van der Waals surface area contributed by atoms with E-state index in [0.717, 1.165) is 4.90 Å². The molecule has 0 N–H and O–H groups in total. The van der Waals surface area contributed by atoms with E-state index in [9.17, 15) is 35.9 Å². The number of amides is 2. The third kappa shape index (κ3) is 5.67. The number of likely N-dealkylation sites (tertiary alicyclic amines) is 1. The molecule has 0 spiro atoms. The molecule has 172 valence electrons. The number of hydrogen-bond donors (Lipinski definition) is 0. The predicted octanol–water partition coefficient (Wildman–Crippen LogP) is 5.52. The highest BCUT2D eigenvalue weighted by atomic mass is 19.4. The molecule has 2 aromatic rings. The minimum atomic E-state index is -4.96. The van der Waals surface area contributed by atoms with Crippen molar-refractivity contribution in [2.75, 3.05) is 6.61 Å². The van der Waals surface area contributed by atoms with Crippen molar-refractivity contribution in [2.45, 2.75) is 44.3 Å². The van der Waals surface area contributed by atoms with Gasteiger partial charge in [-0.15, -0.1) is 0 Å². The van der Waals surface area contributed by atoms with E-state index >= 15 is 0 Å². The van der Waals surface area contributed by atoms with Crippen molar-refractivity contribution >= 4 is 11.8 Å². The molecule has 1 saturated heterocycles. The number of carbonyl (C=O) groups is 2. The van der Waals surface area contributed by atoms with Crippen LogP contribution in [-0.4, -0.2) is 23.3 Å². The van der Waals surface area contributed by atoms with E-state index in [1.54, 1.807) is 30.3 Å². The summed E-state index contributed by atoms with van der Waals surface area (Å²) in [5.74, 6) is -0.811. The number of hydrogen-bond acceptors (Lipinski definition) is 3. The maximum Gasteiger partial charge on any atom is 0.416 e. The van der Waals surface area contributed by atoms with Crippen LogP contribution in [0.1, 0.15) is 47.6 Å². The summed E-state index contributed by atoms with van der Waals surface area (Å²) in [6.07, 6.45) is -9.18. The molecule has 1 aliphatic rings. The number of alkyl halides is 6. The molecule has 1 atom stereocenters. The van der Waals surface area contributed by atoms with Gasteiger partial charge < -0.3 is 4.74 Å². The van der Waals surface area contributed by atoms with E-state index in [4.69, 9.17) is 4.74 Å². The fourth-order valence-corrected chi connectivity index (χ4v) is 3.50. The van der Waals surface area contributed by atoms with Gasteiger partial charge in [0.1, 0.15) is 0 Å². The monoisotopic (exact) mass is 459 g/mol. The Morgan fingerprint density at radius 2 is 1.38 bits per heavy atom. The first-order valence-corrected chi connectivity index (χ1v) is 9.73. The Morgan fingerprint density at radius 1 is 0.844 bits per heavy atom. The molecule has 32 heavy (non-hydrogen) atoms. The zero-order valence-electron chi connectivity index (χ0n) is 16.7. The topological polar surface area (TPSA) is 46.6 Å². The van der Waals surface area contributed by atoms with Crippen molar-refractivity contribution in [1.82, 2.24) is 4.90 Å². The second-order valence-electron chi connectivity index (χ2n) is 7.37. The van der Waals surface area contributed by atoms with Gasteiger partial charge in [-0.2, -0.15) is 26.3 Å². The molecule has 0 aromatic heterocycles. The summed E-state index contributed by atoms with van der Waals surface area (Å²) in [6, 6.07) is 8.79. The first-order valence-electron chi connectivity index (χ1n) is 9.73. The molecule has 0 bridgehead atoms. The second kappa shape index (κ2) is 9.32. The zero-order chi connectivity index (χ0) is 23.5. The minimum absolute atomic E-state index is 0.0430. The van der Waals surface area contributed by atoms with Crippen LogP contribution < -0.4 is 0 Å². The Labute approximate surface area is 179 Å². The number of rotatable bonds is 6. The molecular formula is C22H19F6NO3.